The van der Waals surface area contributed by atoms with Crippen molar-refractivity contribution in [2.75, 3.05) is 33.7 Å². The normalized spacial score (nSPS) is 16.6. The second-order valence-corrected chi connectivity index (χ2v) is 9.85. The van der Waals surface area contributed by atoms with Gasteiger partial charge in [0, 0.05) is 39.3 Å². The zero-order chi connectivity index (χ0) is 19.4. The molecule has 2 heterocycles. The molecule has 3 rings (SSSR count). The Balaban J connectivity index is 1.49. The van der Waals surface area contributed by atoms with E-state index in [9.17, 15) is 13.2 Å². The van der Waals surface area contributed by atoms with Gasteiger partial charge >= 0.3 is 0 Å². The van der Waals surface area contributed by atoms with Crippen molar-refractivity contribution in [2.45, 2.75) is 12.8 Å². The van der Waals surface area contributed by atoms with Gasteiger partial charge in [-0.1, -0.05) is 12.1 Å². The number of nitrogens with zero attached hydrogens (tertiary/aromatic N) is 2. The summed E-state index contributed by atoms with van der Waals surface area (Å²) in [6, 6.07) is 9.66. The minimum Gasteiger partial charge on any atom is -0.352 e. The van der Waals surface area contributed by atoms with Crippen molar-refractivity contribution in [3.05, 3.63) is 46.7 Å². The van der Waals surface area contributed by atoms with Crippen molar-refractivity contribution in [2.24, 2.45) is 5.92 Å². The van der Waals surface area contributed by atoms with E-state index in [4.69, 9.17) is 0 Å². The van der Waals surface area contributed by atoms with E-state index in [1.807, 2.05) is 29.6 Å². The van der Waals surface area contributed by atoms with Crippen molar-refractivity contribution >= 4 is 27.5 Å². The van der Waals surface area contributed by atoms with Crippen LogP contribution in [0.3, 0.4) is 0 Å². The average molecular weight is 408 g/mol. The Morgan fingerprint density at radius 3 is 2.37 bits per heavy atom. The molecule has 1 saturated heterocycles. The van der Waals surface area contributed by atoms with Crippen LogP contribution in [-0.2, 0) is 10.2 Å². The van der Waals surface area contributed by atoms with Crippen LogP contribution < -0.4 is 5.32 Å². The van der Waals surface area contributed by atoms with Gasteiger partial charge in [-0.3, -0.25) is 4.79 Å². The monoisotopic (exact) mass is 407 g/mol. The highest BCUT2D eigenvalue weighted by Gasteiger charge is 2.29. The predicted molar refractivity (Wildman–Crippen MR) is 109 cm³/mol. The highest BCUT2D eigenvalue weighted by Crippen LogP contribution is 2.23. The molecule has 8 heteroatoms. The lowest BCUT2D eigenvalue weighted by Gasteiger charge is -2.32. The molecule has 6 nitrogen and oxygen atoms in total. The Kier molecular flexibility index (Phi) is 6.31. The minimum atomic E-state index is -3.34. The van der Waals surface area contributed by atoms with Gasteiger partial charge in [-0.2, -0.15) is 28.4 Å². The maximum Gasteiger partial charge on any atom is 0.281 e. The number of nitrogens with one attached hydrogen (secondary N) is 1. The summed E-state index contributed by atoms with van der Waals surface area (Å²) in [5, 5.41) is 7.10. The minimum absolute atomic E-state index is 0.0878. The fraction of sp³-hybridized carbons (Fsp3) is 0.421. The largest absolute Gasteiger partial charge is 0.352 e. The molecule has 0 unspecified atom stereocenters. The van der Waals surface area contributed by atoms with E-state index in [1.54, 1.807) is 25.4 Å². The number of carbonyl (C=O) groups excluding carboxylic acids is 1. The average Bonchev–Trinajstić information content (AvgIpc) is 3.21. The first kappa shape index (κ1) is 20.0. The van der Waals surface area contributed by atoms with Crippen LogP contribution in [-0.4, -0.2) is 56.7 Å². The smallest absolute Gasteiger partial charge is 0.281 e. The van der Waals surface area contributed by atoms with E-state index in [0.29, 0.717) is 31.1 Å². The molecule has 1 fully saturated rings. The Morgan fingerprint density at radius 1 is 1.15 bits per heavy atom. The molecule has 0 bridgehead atoms. The molecule has 2 aromatic rings. The molecule has 1 N–H and O–H groups in total. The Hall–Kier alpha value is -1.74. The van der Waals surface area contributed by atoms with Crippen molar-refractivity contribution in [1.29, 1.82) is 0 Å². The third-order valence-electron chi connectivity index (χ3n) is 4.91. The Bertz CT molecular complexity index is 854. The van der Waals surface area contributed by atoms with Crippen molar-refractivity contribution in [3.63, 3.8) is 0 Å². The molecule has 1 aromatic carbocycles. The van der Waals surface area contributed by atoms with Crippen LogP contribution in [0.4, 0.5) is 0 Å². The molecular weight excluding hydrogens is 382 g/mol. The van der Waals surface area contributed by atoms with Gasteiger partial charge in [-0.15, -0.1) is 0 Å². The number of hydrogen-bond donors (Lipinski definition) is 1. The van der Waals surface area contributed by atoms with E-state index in [-0.39, 0.29) is 5.91 Å². The van der Waals surface area contributed by atoms with E-state index in [0.717, 1.165) is 24.0 Å². The quantitative estimate of drug-likeness (QED) is 0.800. The fourth-order valence-electron chi connectivity index (χ4n) is 3.16. The summed E-state index contributed by atoms with van der Waals surface area (Å²) in [7, 11) is -0.247. The maximum absolute atomic E-state index is 12.4. The molecule has 0 spiro atoms. The van der Waals surface area contributed by atoms with Crippen molar-refractivity contribution in [3.8, 4) is 11.1 Å². The molecule has 0 radical (unpaired) electrons. The summed E-state index contributed by atoms with van der Waals surface area (Å²) in [6.07, 6.45) is 1.51. The lowest BCUT2D eigenvalue weighted by atomic mass is 9.98. The molecule has 0 aliphatic carbocycles. The maximum atomic E-state index is 12.4. The molecule has 146 valence electrons. The first-order valence-corrected chi connectivity index (χ1v) is 11.3. The second kappa shape index (κ2) is 8.52. The third kappa shape index (κ3) is 4.76. The highest BCUT2D eigenvalue weighted by atomic mass is 32.2. The number of amides is 1. The summed E-state index contributed by atoms with van der Waals surface area (Å²) in [6.45, 7) is 1.56. The van der Waals surface area contributed by atoms with Crippen LogP contribution in [0.1, 0.15) is 23.2 Å². The summed E-state index contributed by atoms with van der Waals surface area (Å²) in [4.78, 5) is 12.4. The molecule has 0 atom stereocenters. The summed E-state index contributed by atoms with van der Waals surface area (Å²) >= 11 is 1.65. The molecule has 1 aliphatic rings. The first-order valence-electron chi connectivity index (χ1n) is 8.96. The van der Waals surface area contributed by atoms with Crippen LogP contribution in [0.5, 0.6) is 0 Å². The third-order valence-corrected chi connectivity index (χ3v) is 7.54. The SMILES string of the molecule is CN(C)S(=O)(=O)N1CCC(CNC(=O)c2ccc(-c3ccsc3)cc2)CC1. The lowest BCUT2D eigenvalue weighted by molar-refractivity contribution is 0.0941. The van der Waals surface area contributed by atoms with Gasteiger partial charge in [0.2, 0.25) is 0 Å². The number of rotatable bonds is 6. The van der Waals surface area contributed by atoms with E-state index >= 15 is 0 Å². The van der Waals surface area contributed by atoms with Crippen LogP contribution >= 0.6 is 11.3 Å². The fourth-order valence-corrected chi connectivity index (χ4v) is 4.96. The summed E-state index contributed by atoms with van der Waals surface area (Å²) in [5.41, 5.74) is 2.90. The first-order chi connectivity index (χ1) is 12.9. The zero-order valence-electron chi connectivity index (χ0n) is 15.6. The highest BCUT2D eigenvalue weighted by molar-refractivity contribution is 7.86. The second-order valence-electron chi connectivity index (χ2n) is 6.93. The van der Waals surface area contributed by atoms with Crippen molar-refractivity contribution in [1.82, 2.24) is 13.9 Å². The number of carbonyl (C=O) groups is 1. The molecule has 1 aliphatic heterocycles. The Morgan fingerprint density at radius 2 is 1.81 bits per heavy atom. The zero-order valence-corrected chi connectivity index (χ0v) is 17.2. The van der Waals surface area contributed by atoms with Gasteiger partial charge in [0.1, 0.15) is 0 Å². The number of hydrogen-bond acceptors (Lipinski definition) is 4. The van der Waals surface area contributed by atoms with Crippen LogP contribution in [0, 0.1) is 5.92 Å². The van der Waals surface area contributed by atoms with Gasteiger partial charge in [-0.05, 0) is 58.8 Å². The van der Waals surface area contributed by atoms with Gasteiger partial charge in [0.05, 0.1) is 0 Å². The number of benzene rings is 1. The van der Waals surface area contributed by atoms with Crippen LogP contribution in [0.2, 0.25) is 0 Å². The van der Waals surface area contributed by atoms with Crippen molar-refractivity contribution < 1.29 is 13.2 Å². The van der Waals surface area contributed by atoms with Gasteiger partial charge < -0.3 is 5.32 Å². The molecule has 27 heavy (non-hydrogen) atoms. The topological polar surface area (TPSA) is 69.7 Å². The van der Waals surface area contributed by atoms with E-state index < -0.39 is 10.2 Å². The predicted octanol–water partition coefficient (Wildman–Crippen LogP) is 2.66. The Labute approximate surface area is 165 Å². The van der Waals surface area contributed by atoms with Gasteiger partial charge in [0.25, 0.3) is 16.1 Å². The van der Waals surface area contributed by atoms with E-state index in [1.165, 1.54) is 8.61 Å². The standard InChI is InChI=1S/C19H25N3O3S2/c1-21(2)27(24,25)22-10-7-15(8-11-22)13-20-19(23)17-5-3-16(4-6-17)18-9-12-26-14-18/h3-6,9,12,14-15H,7-8,10-11,13H2,1-2H3,(H,20,23). The summed E-state index contributed by atoms with van der Waals surface area (Å²) < 4.78 is 27.0. The lowest BCUT2D eigenvalue weighted by Crippen LogP contribution is -2.45. The molecule has 0 saturated carbocycles. The number of thiophene rings is 1. The van der Waals surface area contributed by atoms with E-state index in [2.05, 4.69) is 16.8 Å². The molecule has 1 amide bonds. The van der Waals surface area contributed by atoms with Gasteiger partial charge in [-0.25, -0.2) is 0 Å². The van der Waals surface area contributed by atoms with Gasteiger partial charge in [0.15, 0.2) is 0 Å². The molecule has 1 aromatic heterocycles. The summed E-state index contributed by atoms with van der Waals surface area (Å²) in [5.74, 6) is 0.211. The number of piperidine rings is 1. The van der Waals surface area contributed by atoms with Crippen LogP contribution in [0.15, 0.2) is 41.1 Å². The molecular formula is C19H25N3O3S2. The van der Waals surface area contributed by atoms with Crippen LogP contribution in [0.25, 0.3) is 11.1 Å².